The van der Waals surface area contributed by atoms with Crippen molar-refractivity contribution in [1.29, 1.82) is 0 Å². The number of nitrogens with one attached hydrogen (secondary N) is 1. The predicted octanol–water partition coefficient (Wildman–Crippen LogP) is 0.875. The van der Waals surface area contributed by atoms with Gasteiger partial charge >= 0.3 is 0 Å². The molecule has 0 aliphatic rings. The van der Waals surface area contributed by atoms with Gasteiger partial charge in [-0.15, -0.1) is 0 Å². The summed E-state index contributed by atoms with van der Waals surface area (Å²) in [6.07, 6.45) is 1.51. The lowest BCUT2D eigenvalue weighted by Crippen LogP contribution is -2.03. The maximum absolute atomic E-state index is 10.9. The van der Waals surface area contributed by atoms with Crippen molar-refractivity contribution in [3.8, 4) is 0 Å². The van der Waals surface area contributed by atoms with Crippen LogP contribution in [0.3, 0.4) is 0 Å². The van der Waals surface area contributed by atoms with E-state index >= 15 is 0 Å². The van der Waals surface area contributed by atoms with Crippen molar-refractivity contribution in [2.75, 3.05) is 6.26 Å². The van der Waals surface area contributed by atoms with Crippen molar-refractivity contribution in [2.45, 2.75) is 5.03 Å². The van der Waals surface area contributed by atoms with Crippen molar-refractivity contribution < 1.29 is 4.21 Å². The van der Waals surface area contributed by atoms with Crippen LogP contribution in [0.1, 0.15) is 0 Å². The molecule has 0 aromatic carbocycles. The number of rotatable bonds is 1. The molecule has 0 aliphatic heterocycles. The smallest absolute Gasteiger partial charge is 0.183 e. The number of aromatic nitrogens is 1. The third kappa shape index (κ3) is 2.27. The van der Waals surface area contributed by atoms with Gasteiger partial charge in [0.2, 0.25) is 0 Å². The molecule has 1 rings (SSSR count). The van der Waals surface area contributed by atoms with Gasteiger partial charge in [-0.25, -0.2) is 0 Å². The van der Waals surface area contributed by atoms with Crippen molar-refractivity contribution in [1.82, 2.24) is 4.98 Å². The normalized spacial score (nSPS) is 12.9. The molecule has 0 bridgehead atoms. The van der Waals surface area contributed by atoms with Crippen molar-refractivity contribution in [3.63, 3.8) is 0 Å². The van der Waals surface area contributed by atoms with Crippen LogP contribution in [-0.2, 0) is 10.8 Å². The minimum absolute atomic E-state index is 0.152. The first-order valence-corrected chi connectivity index (χ1v) is 5.18. The van der Waals surface area contributed by atoms with E-state index in [9.17, 15) is 9.00 Å². The highest BCUT2D eigenvalue weighted by Crippen LogP contribution is 2.04. The van der Waals surface area contributed by atoms with Gasteiger partial charge in [0, 0.05) is 18.4 Å². The van der Waals surface area contributed by atoms with Crippen LogP contribution in [-0.4, -0.2) is 15.4 Å². The Labute approximate surface area is 74.4 Å². The first-order valence-electron chi connectivity index (χ1n) is 2.83. The Morgan fingerprint density at radius 3 is 2.64 bits per heavy atom. The second-order valence-corrected chi connectivity index (χ2v) is 4.18. The molecule has 0 aliphatic carbocycles. The third-order valence-electron chi connectivity index (χ3n) is 1.09. The standard InChI is InChI=1S/C6H6BrNO2S/c1-11(10)6-3-4(9)2-5(7)8-6/h2-3H,1H3,(H,8,9). The van der Waals surface area contributed by atoms with Gasteiger partial charge in [-0.1, -0.05) is 0 Å². The highest BCUT2D eigenvalue weighted by molar-refractivity contribution is 9.10. The predicted molar refractivity (Wildman–Crippen MR) is 47.1 cm³/mol. The summed E-state index contributed by atoms with van der Waals surface area (Å²) in [5.41, 5.74) is -0.152. The molecule has 0 saturated heterocycles. The second kappa shape index (κ2) is 3.32. The molecule has 0 saturated carbocycles. The molecule has 0 spiro atoms. The molecule has 1 atom stereocenters. The Kier molecular flexibility index (Phi) is 2.62. The van der Waals surface area contributed by atoms with Crippen LogP contribution < -0.4 is 5.43 Å². The summed E-state index contributed by atoms with van der Waals surface area (Å²) in [4.78, 5) is 13.6. The Balaban J connectivity index is 3.30. The highest BCUT2D eigenvalue weighted by Gasteiger charge is 1.99. The average Bonchev–Trinajstić information content (AvgIpc) is 1.85. The third-order valence-corrected chi connectivity index (χ3v) is 2.36. The fourth-order valence-corrected chi connectivity index (χ4v) is 1.75. The van der Waals surface area contributed by atoms with Crippen molar-refractivity contribution >= 4 is 26.7 Å². The number of halogens is 1. The van der Waals surface area contributed by atoms with Gasteiger partial charge in [-0.3, -0.25) is 9.00 Å². The van der Waals surface area contributed by atoms with E-state index < -0.39 is 10.8 Å². The molecule has 0 fully saturated rings. The number of H-pyrrole nitrogens is 1. The minimum Gasteiger partial charge on any atom is -0.342 e. The molecular formula is C6H6BrNO2S. The van der Waals surface area contributed by atoms with E-state index in [-0.39, 0.29) is 5.43 Å². The zero-order chi connectivity index (χ0) is 8.43. The molecule has 11 heavy (non-hydrogen) atoms. The van der Waals surface area contributed by atoms with Crippen LogP contribution in [0.2, 0.25) is 0 Å². The summed E-state index contributed by atoms with van der Waals surface area (Å²) >= 11 is 3.09. The van der Waals surface area contributed by atoms with Crippen LogP contribution >= 0.6 is 15.9 Å². The van der Waals surface area contributed by atoms with E-state index in [0.717, 1.165) is 0 Å². The van der Waals surface area contributed by atoms with Gasteiger partial charge in [-0.2, -0.15) is 0 Å². The first kappa shape index (κ1) is 8.67. The van der Waals surface area contributed by atoms with Gasteiger partial charge in [0.1, 0.15) is 5.03 Å². The molecule has 1 heterocycles. The molecular weight excluding hydrogens is 230 g/mol. The van der Waals surface area contributed by atoms with Gasteiger partial charge in [0.05, 0.1) is 15.4 Å². The minimum atomic E-state index is -1.14. The molecule has 1 unspecified atom stereocenters. The van der Waals surface area contributed by atoms with E-state index in [0.29, 0.717) is 9.63 Å². The lowest BCUT2D eigenvalue weighted by atomic mass is 10.5. The Bertz CT molecular complexity index is 347. The van der Waals surface area contributed by atoms with E-state index in [1.165, 1.54) is 18.4 Å². The van der Waals surface area contributed by atoms with Crippen LogP contribution in [0.5, 0.6) is 0 Å². The maximum atomic E-state index is 10.9. The zero-order valence-corrected chi connectivity index (χ0v) is 8.16. The van der Waals surface area contributed by atoms with Crippen LogP contribution in [0.15, 0.2) is 26.6 Å². The number of pyridine rings is 1. The molecule has 0 amide bonds. The summed E-state index contributed by atoms with van der Waals surface area (Å²) < 4.78 is 11.4. The van der Waals surface area contributed by atoms with Gasteiger partial charge in [-0.05, 0) is 15.9 Å². The fourth-order valence-electron chi connectivity index (χ4n) is 0.640. The Morgan fingerprint density at radius 1 is 1.55 bits per heavy atom. The molecule has 1 aromatic heterocycles. The molecule has 1 aromatic rings. The van der Waals surface area contributed by atoms with Gasteiger partial charge < -0.3 is 4.98 Å². The summed E-state index contributed by atoms with van der Waals surface area (Å²) in [6, 6.07) is 2.71. The zero-order valence-electron chi connectivity index (χ0n) is 5.76. The monoisotopic (exact) mass is 235 g/mol. The summed E-state index contributed by atoms with van der Waals surface area (Å²) in [5.74, 6) is 0. The largest absolute Gasteiger partial charge is 0.342 e. The Morgan fingerprint density at radius 2 is 2.18 bits per heavy atom. The van der Waals surface area contributed by atoms with Crippen LogP contribution in [0, 0.1) is 0 Å². The molecule has 3 nitrogen and oxygen atoms in total. The van der Waals surface area contributed by atoms with Crippen LogP contribution in [0.4, 0.5) is 0 Å². The Hall–Kier alpha value is -0.420. The van der Waals surface area contributed by atoms with Gasteiger partial charge in [0.25, 0.3) is 0 Å². The lowest BCUT2D eigenvalue weighted by Gasteiger charge is -1.95. The molecule has 60 valence electrons. The summed E-state index contributed by atoms with van der Waals surface area (Å²) in [6.45, 7) is 0. The highest BCUT2D eigenvalue weighted by atomic mass is 79.9. The van der Waals surface area contributed by atoms with Crippen molar-refractivity contribution in [2.24, 2.45) is 0 Å². The second-order valence-electron chi connectivity index (χ2n) is 1.98. The fraction of sp³-hybridized carbons (Fsp3) is 0.167. The summed E-state index contributed by atoms with van der Waals surface area (Å²) in [5, 5.41) is 0.435. The SMILES string of the molecule is CS(=O)c1cc(=O)cc(Br)[nH]1. The lowest BCUT2D eigenvalue weighted by molar-refractivity contribution is 0.683. The van der Waals surface area contributed by atoms with E-state index in [2.05, 4.69) is 20.9 Å². The number of aromatic amines is 1. The molecule has 5 heteroatoms. The topological polar surface area (TPSA) is 49.9 Å². The average molecular weight is 236 g/mol. The van der Waals surface area contributed by atoms with Crippen LogP contribution in [0.25, 0.3) is 0 Å². The molecule has 1 N–H and O–H groups in total. The van der Waals surface area contributed by atoms with E-state index in [1.54, 1.807) is 0 Å². The van der Waals surface area contributed by atoms with E-state index in [4.69, 9.17) is 0 Å². The summed E-state index contributed by atoms with van der Waals surface area (Å²) in [7, 11) is -1.14. The maximum Gasteiger partial charge on any atom is 0.183 e. The van der Waals surface area contributed by atoms with Crippen molar-refractivity contribution in [3.05, 3.63) is 27.0 Å². The number of hydrogen-bond acceptors (Lipinski definition) is 2. The first-order chi connectivity index (χ1) is 5.09. The quantitative estimate of drug-likeness (QED) is 0.735. The van der Waals surface area contributed by atoms with E-state index in [1.807, 2.05) is 0 Å². The van der Waals surface area contributed by atoms with Gasteiger partial charge in [0.15, 0.2) is 5.43 Å². The molecule has 0 radical (unpaired) electrons. The number of hydrogen-bond donors (Lipinski definition) is 1.